The average molecular weight is 482 g/mol. The predicted molar refractivity (Wildman–Crippen MR) is 121 cm³/mol. The highest BCUT2D eigenvalue weighted by molar-refractivity contribution is 7.99. The van der Waals surface area contributed by atoms with E-state index in [1.807, 2.05) is 11.8 Å². The lowest BCUT2D eigenvalue weighted by molar-refractivity contribution is -0.137. The summed E-state index contributed by atoms with van der Waals surface area (Å²) in [6, 6.07) is 8.03. The number of nitrogens with zero attached hydrogens (tertiary/aromatic N) is 3. The van der Waals surface area contributed by atoms with Crippen LogP contribution >= 0.6 is 11.8 Å². The molecule has 2 N–H and O–H groups in total. The van der Waals surface area contributed by atoms with E-state index >= 15 is 0 Å². The number of carbonyl (C=O) groups excluding carboxylic acids is 2. The summed E-state index contributed by atoms with van der Waals surface area (Å²) in [5.41, 5.74) is -0.739. The van der Waals surface area contributed by atoms with E-state index in [-0.39, 0.29) is 23.3 Å². The number of piperidine rings is 1. The maximum atomic E-state index is 12.8. The van der Waals surface area contributed by atoms with Crippen LogP contribution in [-0.2, 0) is 15.8 Å². The number of alkyl halides is 3. The van der Waals surface area contributed by atoms with Crippen molar-refractivity contribution < 1.29 is 22.8 Å². The van der Waals surface area contributed by atoms with Crippen LogP contribution in [0.5, 0.6) is 0 Å². The van der Waals surface area contributed by atoms with Crippen molar-refractivity contribution in [1.82, 2.24) is 15.5 Å². The van der Waals surface area contributed by atoms with Crippen molar-refractivity contribution in [2.24, 2.45) is 5.92 Å². The fraction of sp³-hybridized carbons (Fsp3) is 0.455. The first-order chi connectivity index (χ1) is 15.8. The predicted octanol–water partition coefficient (Wildman–Crippen LogP) is 3.97. The third-order valence-electron chi connectivity index (χ3n) is 5.12. The summed E-state index contributed by atoms with van der Waals surface area (Å²) < 4.78 is 38.4. The van der Waals surface area contributed by atoms with Gasteiger partial charge in [-0.25, -0.2) is 0 Å². The zero-order chi connectivity index (χ0) is 23.8. The monoisotopic (exact) mass is 481 g/mol. The lowest BCUT2D eigenvalue weighted by Gasteiger charge is -2.32. The van der Waals surface area contributed by atoms with E-state index < -0.39 is 17.6 Å². The van der Waals surface area contributed by atoms with Gasteiger partial charge in [-0.05, 0) is 49.6 Å². The van der Waals surface area contributed by atoms with Gasteiger partial charge in [0.15, 0.2) is 5.82 Å². The van der Waals surface area contributed by atoms with Crippen LogP contribution < -0.4 is 15.5 Å². The number of aromatic nitrogens is 2. The Labute approximate surface area is 194 Å². The smallest absolute Gasteiger partial charge is 0.356 e. The van der Waals surface area contributed by atoms with E-state index in [0.29, 0.717) is 23.9 Å². The molecule has 1 aliphatic heterocycles. The number of amides is 2. The maximum Gasteiger partial charge on any atom is 0.416 e. The number of carbonyl (C=O) groups is 2. The molecule has 11 heteroatoms. The zero-order valence-electron chi connectivity index (χ0n) is 18.2. The van der Waals surface area contributed by atoms with E-state index in [0.717, 1.165) is 49.7 Å². The van der Waals surface area contributed by atoms with E-state index in [1.54, 1.807) is 12.1 Å². The SMILES string of the molecule is CCCNC(=O)[C@@H]1CCCN(c2ccc(SCC(=O)Nc3cccc(C(F)(F)F)c3)nn2)C1. The van der Waals surface area contributed by atoms with Crippen molar-refractivity contribution >= 4 is 35.1 Å². The quantitative estimate of drug-likeness (QED) is 0.555. The van der Waals surface area contributed by atoms with Gasteiger partial charge in [0.2, 0.25) is 11.8 Å². The molecule has 1 fully saturated rings. The molecule has 0 saturated carbocycles. The Hall–Kier alpha value is -2.82. The molecular weight excluding hydrogens is 455 g/mol. The van der Waals surface area contributed by atoms with Crippen LogP contribution in [0.1, 0.15) is 31.7 Å². The summed E-state index contributed by atoms with van der Waals surface area (Å²) in [7, 11) is 0. The highest BCUT2D eigenvalue weighted by Crippen LogP contribution is 2.30. The normalized spacial score (nSPS) is 16.4. The Morgan fingerprint density at radius 3 is 2.73 bits per heavy atom. The molecule has 0 bridgehead atoms. The molecule has 2 amide bonds. The molecule has 2 aromatic rings. The van der Waals surface area contributed by atoms with Gasteiger partial charge < -0.3 is 15.5 Å². The molecule has 3 rings (SSSR count). The highest BCUT2D eigenvalue weighted by atomic mass is 32.2. The van der Waals surface area contributed by atoms with Crippen molar-refractivity contribution in [3.05, 3.63) is 42.0 Å². The Morgan fingerprint density at radius 2 is 2.03 bits per heavy atom. The fourth-order valence-electron chi connectivity index (χ4n) is 3.46. The van der Waals surface area contributed by atoms with Gasteiger partial charge in [-0.2, -0.15) is 13.2 Å². The van der Waals surface area contributed by atoms with Gasteiger partial charge in [0.1, 0.15) is 5.03 Å². The summed E-state index contributed by atoms with van der Waals surface area (Å²) in [5.74, 6) is 0.185. The van der Waals surface area contributed by atoms with Crippen LogP contribution in [0.2, 0.25) is 0 Å². The minimum atomic E-state index is -4.47. The summed E-state index contributed by atoms with van der Waals surface area (Å²) in [5, 5.41) is 14.3. The Bertz CT molecular complexity index is 956. The first-order valence-corrected chi connectivity index (χ1v) is 11.7. The Kier molecular flexibility index (Phi) is 8.54. The van der Waals surface area contributed by atoms with Gasteiger partial charge in [-0.15, -0.1) is 10.2 Å². The molecule has 1 atom stereocenters. The number of thioether (sulfide) groups is 1. The summed E-state index contributed by atoms with van der Waals surface area (Å²) >= 11 is 1.14. The topological polar surface area (TPSA) is 87.2 Å². The van der Waals surface area contributed by atoms with Crippen LogP contribution in [0.15, 0.2) is 41.4 Å². The molecule has 0 unspecified atom stereocenters. The van der Waals surface area contributed by atoms with E-state index in [4.69, 9.17) is 0 Å². The van der Waals surface area contributed by atoms with Crippen LogP contribution in [-0.4, -0.2) is 47.4 Å². The van der Waals surface area contributed by atoms with E-state index in [1.165, 1.54) is 12.1 Å². The standard InChI is InChI=1S/C22H26F3N5O2S/c1-2-10-26-21(32)15-5-4-11-30(13-15)18-8-9-20(29-28-18)33-14-19(31)27-17-7-3-6-16(12-17)22(23,24)25/h3,6-9,12,15H,2,4-5,10-11,13-14H2,1H3,(H,26,32)(H,27,31)/t15-/m1/s1. The number of hydrogen-bond donors (Lipinski definition) is 2. The van der Waals surface area contributed by atoms with Crippen molar-refractivity contribution in [2.75, 3.05) is 35.6 Å². The molecule has 7 nitrogen and oxygen atoms in total. The van der Waals surface area contributed by atoms with Crippen LogP contribution in [0.4, 0.5) is 24.7 Å². The Morgan fingerprint density at radius 1 is 1.21 bits per heavy atom. The van der Waals surface area contributed by atoms with Crippen molar-refractivity contribution in [3.8, 4) is 0 Å². The van der Waals surface area contributed by atoms with Crippen molar-refractivity contribution in [3.63, 3.8) is 0 Å². The Balaban J connectivity index is 1.50. The number of anilines is 2. The second kappa shape index (κ2) is 11.4. The summed E-state index contributed by atoms with van der Waals surface area (Å²) in [6.07, 6.45) is -1.85. The minimum Gasteiger partial charge on any atom is -0.356 e. The first kappa shape index (κ1) is 24.8. The second-order valence-electron chi connectivity index (χ2n) is 7.72. The van der Waals surface area contributed by atoms with Crippen molar-refractivity contribution in [1.29, 1.82) is 0 Å². The number of halogens is 3. The first-order valence-electron chi connectivity index (χ1n) is 10.7. The third kappa shape index (κ3) is 7.34. The summed E-state index contributed by atoms with van der Waals surface area (Å²) in [6.45, 7) is 4.05. The lowest BCUT2D eigenvalue weighted by atomic mass is 9.97. The summed E-state index contributed by atoms with van der Waals surface area (Å²) in [4.78, 5) is 26.4. The number of hydrogen-bond acceptors (Lipinski definition) is 6. The van der Waals surface area contributed by atoms with Gasteiger partial charge >= 0.3 is 6.18 Å². The molecule has 1 aromatic carbocycles. The molecule has 33 heavy (non-hydrogen) atoms. The highest BCUT2D eigenvalue weighted by Gasteiger charge is 2.30. The maximum absolute atomic E-state index is 12.8. The van der Waals surface area contributed by atoms with Gasteiger partial charge in [-0.1, -0.05) is 24.8 Å². The number of benzene rings is 1. The second-order valence-corrected chi connectivity index (χ2v) is 8.72. The number of nitrogens with one attached hydrogen (secondary N) is 2. The third-order valence-corrected chi connectivity index (χ3v) is 6.04. The van der Waals surface area contributed by atoms with Crippen LogP contribution in [0, 0.1) is 5.92 Å². The minimum absolute atomic E-state index is 0.0202. The molecule has 0 aliphatic carbocycles. The number of rotatable bonds is 8. The molecule has 1 saturated heterocycles. The molecule has 178 valence electrons. The molecular formula is C22H26F3N5O2S. The van der Waals surface area contributed by atoms with Crippen molar-refractivity contribution in [2.45, 2.75) is 37.4 Å². The fourth-order valence-corrected chi connectivity index (χ4v) is 4.07. The lowest BCUT2D eigenvalue weighted by Crippen LogP contribution is -2.43. The molecule has 1 aliphatic rings. The van der Waals surface area contributed by atoms with Gasteiger partial charge in [0.05, 0.1) is 17.2 Å². The van der Waals surface area contributed by atoms with E-state index in [2.05, 4.69) is 20.8 Å². The van der Waals surface area contributed by atoms with Crippen LogP contribution in [0.25, 0.3) is 0 Å². The largest absolute Gasteiger partial charge is 0.416 e. The van der Waals surface area contributed by atoms with Gasteiger partial charge in [0, 0.05) is 25.3 Å². The van der Waals surface area contributed by atoms with Gasteiger partial charge in [0.25, 0.3) is 0 Å². The molecule has 2 heterocycles. The van der Waals surface area contributed by atoms with E-state index in [9.17, 15) is 22.8 Å². The molecule has 0 radical (unpaired) electrons. The van der Waals surface area contributed by atoms with Crippen LogP contribution in [0.3, 0.4) is 0 Å². The van der Waals surface area contributed by atoms with Gasteiger partial charge in [-0.3, -0.25) is 9.59 Å². The zero-order valence-corrected chi connectivity index (χ0v) is 19.0. The average Bonchev–Trinajstić information content (AvgIpc) is 2.81. The molecule has 1 aromatic heterocycles. The molecule has 0 spiro atoms.